The topological polar surface area (TPSA) is 58.9 Å². The van der Waals surface area contributed by atoms with Crippen LogP contribution in [0.15, 0.2) is 85.3 Å². The average molecular weight is 656 g/mol. The van der Waals surface area contributed by atoms with Gasteiger partial charge in [0, 0.05) is 56.5 Å². The fraction of sp³-hybridized carbons (Fsp3) is 0.0968. The zero-order valence-corrected chi connectivity index (χ0v) is 22.5. The Morgan fingerprint density at radius 2 is 1.89 bits per heavy atom. The zero-order valence-electron chi connectivity index (χ0n) is 20.1. The average Bonchev–Trinajstić information content (AvgIpc) is 3.43. The first kappa shape index (κ1) is 25.7. The summed E-state index contributed by atoms with van der Waals surface area (Å²) in [4.78, 5) is 12.3. The van der Waals surface area contributed by atoms with Crippen LogP contribution in [0, 0.1) is 37.0 Å². The molecule has 181 valence electrons. The third-order valence-electron chi connectivity index (χ3n) is 6.12. The molecule has 5 aromatic rings. The predicted molar refractivity (Wildman–Crippen MR) is 140 cm³/mol. The van der Waals surface area contributed by atoms with E-state index in [9.17, 15) is 0 Å². The molecule has 1 radical (unpaired) electrons. The van der Waals surface area contributed by atoms with E-state index in [1.54, 1.807) is 18.3 Å². The van der Waals surface area contributed by atoms with Gasteiger partial charge < -0.3 is 4.57 Å². The summed E-state index contributed by atoms with van der Waals surface area (Å²) in [5.41, 5.74) is 7.82. The molecule has 0 amide bonds. The molecule has 0 atom stereocenters. The van der Waals surface area contributed by atoms with Crippen LogP contribution in [0.25, 0.3) is 38.6 Å². The van der Waals surface area contributed by atoms with Crippen molar-refractivity contribution in [3.8, 4) is 39.8 Å². The molecule has 3 aromatic carbocycles. The second-order valence-electron chi connectivity index (χ2n) is 8.37. The number of pyridine rings is 1. The Morgan fingerprint density at radius 3 is 2.65 bits per heavy atom. The van der Waals surface area contributed by atoms with Gasteiger partial charge in [0.1, 0.15) is 6.57 Å². The van der Waals surface area contributed by atoms with Gasteiger partial charge in [-0.25, -0.2) is 5.26 Å². The second-order valence-corrected chi connectivity index (χ2v) is 8.37. The van der Waals surface area contributed by atoms with Crippen molar-refractivity contribution < 1.29 is 20.1 Å². The van der Waals surface area contributed by atoms with Gasteiger partial charge in [0.15, 0.2) is 0 Å². The van der Waals surface area contributed by atoms with Gasteiger partial charge in [-0.2, -0.15) is 4.85 Å². The van der Waals surface area contributed by atoms with E-state index in [1.807, 2.05) is 67.8 Å². The van der Waals surface area contributed by atoms with Crippen LogP contribution in [0.1, 0.15) is 16.7 Å². The molecule has 1 aliphatic rings. The van der Waals surface area contributed by atoms with Crippen LogP contribution in [0.3, 0.4) is 0 Å². The summed E-state index contributed by atoms with van der Waals surface area (Å²) in [5, 5.41) is 9.04. The maximum Gasteiger partial charge on any atom is 0.253 e. The Labute approximate surface area is 230 Å². The molecule has 6 heteroatoms. The molecule has 0 saturated heterocycles. The van der Waals surface area contributed by atoms with Crippen molar-refractivity contribution in [1.82, 2.24) is 14.5 Å². The smallest absolute Gasteiger partial charge is 0.253 e. The number of benzene rings is 3. The van der Waals surface area contributed by atoms with Crippen molar-refractivity contribution in [1.29, 1.82) is 5.26 Å². The molecule has 37 heavy (non-hydrogen) atoms. The number of hydrogen-bond acceptors (Lipinski definition) is 3. The minimum atomic E-state index is 0. The molecule has 0 unspecified atom stereocenters. The Balaban J connectivity index is 0.000000193. The van der Waals surface area contributed by atoms with Crippen LogP contribution in [0.2, 0.25) is 0 Å². The summed E-state index contributed by atoms with van der Waals surface area (Å²) in [6.45, 7) is 10.3. The summed E-state index contributed by atoms with van der Waals surface area (Å²) in [6.07, 6.45) is 6.78. The number of rotatable bonds is 2. The van der Waals surface area contributed by atoms with Crippen LogP contribution in [-0.4, -0.2) is 14.5 Å². The van der Waals surface area contributed by atoms with Gasteiger partial charge in [0.25, 0.3) is 5.69 Å². The molecule has 5 nitrogen and oxygen atoms in total. The van der Waals surface area contributed by atoms with Crippen LogP contribution >= 0.6 is 0 Å². The number of nitriles is 1. The fourth-order valence-corrected chi connectivity index (χ4v) is 4.30. The van der Waals surface area contributed by atoms with E-state index in [4.69, 9.17) is 11.8 Å². The van der Waals surface area contributed by atoms with Gasteiger partial charge in [-0.05, 0) is 42.2 Å². The SMILES string of the molecule is [C-]#[N+]c1ccc(C#N)[c-]c1-c1cc(C)c(-c2ccccc2)cn1.[Ir].[c-]1cccc2c1-c1nccn1CC2. The van der Waals surface area contributed by atoms with E-state index in [0.29, 0.717) is 22.5 Å². The van der Waals surface area contributed by atoms with Gasteiger partial charge in [-0.15, -0.1) is 41.5 Å². The van der Waals surface area contributed by atoms with Gasteiger partial charge in [0.05, 0.1) is 5.82 Å². The Bertz CT molecular complexity index is 1620. The molecule has 0 bridgehead atoms. The quantitative estimate of drug-likeness (QED) is 0.196. The van der Waals surface area contributed by atoms with E-state index < -0.39 is 0 Å². The van der Waals surface area contributed by atoms with Crippen molar-refractivity contribution >= 4 is 5.69 Å². The second kappa shape index (κ2) is 11.6. The summed E-state index contributed by atoms with van der Waals surface area (Å²) in [7, 11) is 0. The van der Waals surface area contributed by atoms with E-state index in [-0.39, 0.29) is 20.1 Å². The first-order valence-electron chi connectivity index (χ1n) is 11.6. The summed E-state index contributed by atoms with van der Waals surface area (Å²) >= 11 is 0. The number of aryl methyl sites for hydroxylation is 3. The van der Waals surface area contributed by atoms with Gasteiger partial charge in [-0.3, -0.25) is 9.97 Å². The van der Waals surface area contributed by atoms with Gasteiger partial charge >= 0.3 is 0 Å². The molecule has 1 aliphatic heterocycles. The third kappa shape index (κ3) is 5.42. The minimum absolute atomic E-state index is 0. The molecule has 0 fully saturated rings. The molecule has 0 spiro atoms. The van der Waals surface area contributed by atoms with Crippen molar-refractivity contribution in [3.05, 3.63) is 126 Å². The molecule has 0 saturated carbocycles. The normalized spacial score (nSPS) is 10.9. The molecule has 0 N–H and O–H groups in total. The summed E-state index contributed by atoms with van der Waals surface area (Å²) < 4.78 is 2.18. The van der Waals surface area contributed by atoms with Crippen molar-refractivity contribution in [2.45, 2.75) is 19.9 Å². The molecular weight excluding hydrogens is 635 g/mol. The van der Waals surface area contributed by atoms with Crippen LogP contribution < -0.4 is 0 Å². The molecule has 3 heterocycles. The Kier molecular flexibility index (Phi) is 8.06. The Hall–Kier alpha value is -4.35. The molecular formula is C31H21IrN5-2. The zero-order chi connectivity index (χ0) is 24.9. The predicted octanol–water partition coefficient (Wildman–Crippen LogP) is 6.85. The molecule has 6 rings (SSSR count). The van der Waals surface area contributed by atoms with Crippen molar-refractivity contribution in [2.75, 3.05) is 0 Å². The van der Waals surface area contributed by atoms with Crippen molar-refractivity contribution in [3.63, 3.8) is 0 Å². The number of nitrogens with zero attached hydrogens (tertiary/aromatic N) is 5. The number of hydrogen-bond donors (Lipinski definition) is 0. The maximum atomic E-state index is 9.04. The van der Waals surface area contributed by atoms with Gasteiger partial charge in [-0.1, -0.05) is 48.0 Å². The number of fused-ring (bicyclic) bond motifs is 3. The molecule has 2 aromatic heterocycles. The third-order valence-corrected chi connectivity index (χ3v) is 6.12. The van der Waals surface area contributed by atoms with Crippen LogP contribution in [0.5, 0.6) is 0 Å². The first-order chi connectivity index (χ1) is 17.7. The largest absolute Gasteiger partial charge is 0.371 e. The summed E-state index contributed by atoms with van der Waals surface area (Å²) in [6, 6.07) is 29.6. The van der Waals surface area contributed by atoms with Crippen molar-refractivity contribution in [2.24, 2.45) is 0 Å². The van der Waals surface area contributed by atoms with Crippen LogP contribution in [-0.2, 0) is 33.1 Å². The minimum Gasteiger partial charge on any atom is -0.371 e. The summed E-state index contributed by atoms with van der Waals surface area (Å²) in [5.74, 6) is 1.06. The van der Waals surface area contributed by atoms with Gasteiger partial charge in [0.2, 0.25) is 0 Å². The van der Waals surface area contributed by atoms with E-state index >= 15 is 0 Å². The fourth-order valence-electron chi connectivity index (χ4n) is 4.30. The first-order valence-corrected chi connectivity index (χ1v) is 11.6. The number of aromatic nitrogens is 3. The van der Waals surface area contributed by atoms with Crippen LogP contribution in [0.4, 0.5) is 5.69 Å². The molecule has 0 aliphatic carbocycles. The van der Waals surface area contributed by atoms with E-state index in [1.165, 1.54) is 11.1 Å². The van der Waals surface area contributed by atoms with E-state index in [2.05, 4.69) is 43.6 Å². The monoisotopic (exact) mass is 656 g/mol. The standard InChI is InChI=1S/C20H12N3.C11H9N2.Ir/c1-14-10-20(17-11-15(12-21)8-9-19(17)22-2)23-13-18(14)16-6-4-3-5-7-16;1-2-4-10-9(3-1)5-7-13-8-6-12-11(10)13;/h3-10,13H,1H3;1-3,6,8H,5,7H2;/q2*-1;. The maximum absolute atomic E-state index is 9.04. The number of imidazole rings is 1. The van der Waals surface area contributed by atoms with E-state index in [0.717, 1.165) is 35.5 Å². The Morgan fingerprint density at radius 1 is 1.05 bits per heavy atom.